The van der Waals surface area contributed by atoms with E-state index in [1.165, 1.54) is 4.57 Å². The molecule has 0 aliphatic carbocycles. The van der Waals surface area contributed by atoms with Gasteiger partial charge in [0.15, 0.2) is 11.2 Å². The molecule has 5 heteroatoms. The van der Waals surface area contributed by atoms with E-state index < -0.39 is 0 Å². The smallest absolute Gasteiger partial charge is 0.406 e. The van der Waals surface area contributed by atoms with E-state index in [1.54, 1.807) is 24.5 Å². The van der Waals surface area contributed by atoms with Gasteiger partial charge >= 0.3 is 5.76 Å². The van der Waals surface area contributed by atoms with Crippen LogP contribution in [0, 0.1) is 0 Å². The molecule has 0 fully saturated rings. The Kier molecular flexibility index (Phi) is 2.64. The predicted molar refractivity (Wildman–Crippen MR) is 66.2 cm³/mol. The van der Waals surface area contributed by atoms with Crippen molar-refractivity contribution in [2.75, 3.05) is 0 Å². The molecular formula is C13H11N3O2. The summed E-state index contributed by atoms with van der Waals surface area (Å²) in [6, 6.07) is 9.21. The third-order valence-corrected chi connectivity index (χ3v) is 2.74. The number of hydrogen-bond donors (Lipinski definition) is 0. The zero-order valence-electron chi connectivity index (χ0n) is 9.61. The highest BCUT2D eigenvalue weighted by atomic mass is 16.4. The molecule has 3 aromatic rings. The highest BCUT2D eigenvalue weighted by molar-refractivity contribution is 5.67. The minimum Gasteiger partial charge on any atom is -0.406 e. The number of aromatic nitrogens is 3. The first-order valence-electron chi connectivity index (χ1n) is 5.69. The van der Waals surface area contributed by atoms with Crippen LogP contribution in [-0.2, 0) is 13.0 Å². The van der Waals surface area contributed by atoms with Gasteiger partial charge in [-0.3, -0.25) is 9.55 Å². The molecule has 0 aliphatic heterocycles. The molecule has 0 N–H and O–H groups in total. The second-order valence-electron chi connectivity index (χ2n) is 3.92. The zero-order chi connectivity index (χ0) is 12.4. The molecule has 0 unspecified atom stereocenters. The molecule has 0 bridgehead atoms. The van der Waals surface area contributed by atoms with Gasteiger partial charge in [-0.05, 0) is 24.3 Å². The van der Waals surface area contributed by atoms with Crippen LogP contribution in [0.2, 0.25) is 0 Å². The largest absolute Gasteiger partial charge is 0.421 e. The summed E-state index contributed by atoms with van der Waals surface area (Å²) < 4.78 is 6.64. The van der Waals surface area contributed by atoms with E-state index in [9.17, 15) is 4.79 Å². The second-order valence-corrected chi connectivity index (χ2v) is 3.92. The van der Waals surface area contributed by atoms with Gasteiger partial charge in [0, 0.05) is 31.1 Å². The molecule has 0 radical (unpaired) electrons. The van der Waals surface area contributed by atoms with Gasteiger partial charge in [-0.15, -0.1) is 0 Å². The Morgan fingerprint density at radius 3 is 2.83 bits per heavy atom. The molecule has 0 atom stereocenters. The summed E-state index contributed by atoms with van der Waals surface area (Å²) in [7, 11) is 0. The van der Waals surface area contributed by atoms with Gasteiger partial charge in [0.25, 0.3) is 0 Å². The number of fused-ring (bicyclic) bond motifs is 1. The molecule has 0 saturated carbocycles. The molecule has 3 rings (SSSR count). The topological polar surface area (TPSA) is 60.9 Å². The van der Waals surface area contributed by atoms with Gasteiger partial charge in [0.2, 0.25) is 0 Å². The highest BCUT2D eigenvalue weighted by Crippen LogP contribution is 2.09. The van der Waals surface area contributed by atoms with E-state index in [0.29, 0.717) is 24.2 Å². The molecule has 0 spiro atoms. The van der Waals surface area contributed by atoms with Gasteiger partial charge in [-0.25, -0.2) is 9.78 Å². The Morgan fingerprint density at radius 2 is 2.00 bits per heavy atom. The maximum absolute atomic E-state index is 11.7. The van der Waals surface area contributed by atoms with Gasteiger partial charge < -0.3 is 4.42 Å². The summed E-state index contributed by atoms with van der Waals surface area (Å²) in [6.07, 6.45) is 4.06. The van der Waals surface area contributed by atoms with Crippen LogP contribution in [-0.4, -0.2) is 14.5 Å². The lowest BCUT2D eigenvalue weighted by Gasteiger charge is -2.00. The van der Waals surface area contributed by atoms with Gasteiger partial charge in [-0.2, -0.15) is 0 Å². The molecule has 18 heavy (non-hydrogen) atoms. The number of aryl methyl sites for hydroxylation is 2. The normalized spacial score (nSPS) is 10.9. The first kappa shape index (κ1) is 10.7. The molecule has 90 valence electrons. The third kappa shape index (κ3) is 1.90. The summed E-state index contributed by atoms with van der Waals surface area (Å²) in [5, 5.41) is 0. The average molecular weight is 241 g/mol. The lowest BCUT2D eigenvalue weighted by atomic mass is 10.3. The van der Waals surface area contributed by atoms with Crippen LogP contribution in [0.4, 0.5) is 0 Å². The van der Waals surface area contributed by atoms with Crippen molar-refractivity contribution < 1.29 is 4.42 Å². The van der Waals surface area contributed by atoms with Crippen molar-refractivity contribution in [2.24, 2.45) is 0 Å². The maximum Gasteiger partial charge on any atom is 0.421 e. The van der Waals surface area contributed by atoms with E-state index in [2.05, 4.69) is 9.97 Å². The van der Waals surface area contributed by atoms with Crippen molar-refractivity contribution in [3.8, 4) is 0 Å². The van der Waals surface area contributed by atoms with E-state index in [0.717, 1.165) is 5.69 Å². The van der Waals surface area contributed by atoms with Crippen molar-refractivity contribution in [3.63, 3.8) is 0 Å². The summed E-state index contributed by atoms with van der Waals surface area (Å²) in [5.74, 6) is -0.375. The van der Waals surface area contributed by atoms with Crippen LogP contribution in [0.25, 0.3) is 11.2 Å². The monoisotopic (exact) mass is 241 g/mol. The van der Waals surface area contributed by atoms with E-state index in [4.69, 9.17) is 4.42 Å². The molecule has 0 aromatic carbocycles. The maximum atomic E-state index is 11.7. The third-order valence-electron chi connectivity index (χ3n) is 2.74. The van der Waals surface area contributed by atoms with Crippen molar-refractivity contribution in [1.29, 1.82) is 0 Å². The highest BCUT2D eigenvalue weighted by Gasteiger charge is 2.09. The van der Waals surface area contributed by atoms with E-state index in [1.807, 2.05) is 18.2 Å². The van der Waals surface area contributed by atoms with E-state index in [-0.39, 0.29) is 5.76 Å². The number of hydrogen-bond acceptors (Lipinski definition) is 4. The van der Waals surface area contributed by atoms with Crippen molar-refractivity contribution in [2.45, 2.75) is 13.0 Å². The standard InChI is InChI=1S/C13H11N3O2/c17-13-16(9-6-10-4-1-2-7-14-10)12-11(18-13)5-3-8-15-12/h1-5,7-8H,6,9H2. The quantitative estimate of drug-likeness (QED) is 0.699. The first-order chi connectivity index (χ1) is 8.84. The fourth-order valence-corrected chi connectivity index (χ4v) is 1.87. The molecule has 5 nitrogen and oxygen atoms in total. The van der Waals surface area contributed by atoms with Crippen LogP contribution in [0.15, 0.2) is 51.9 Å². The molecule has 3 heterocycles. The lowest BCUT2D eigenvalue weighted by Crippen LogP contribution is -2.16. The second kappa shape index (κ2) is 4.44. The Morgan fingerprint density at radius 1 is 1.11 bits per heavy atom. The van der Waals surface area contributed by atoms with Crippen LogP contribution in [0.5, 0.6) is 0 Å². The van der Waals surface area contributed by atoms with Crippen LogP contribution < -0.4 is 5.76 Å². The Hall–Kier alpha value is -2.43. The number of oxazole rings is 1. The summed E-state index contributed by atoms with van der Waals surface area (Å²) in [4.78, 5) is 20.1. The number of pyridine rings is 2. The Labute approximate surface area is 103 Å². The first-order valence-corrected chi connectivity index (χ1v) is 5.69. The summed E-state index contributed by atoms with van der Waals surface area (Å²) in [5.41, 5.74) is 2.04. The fourth-order valence-electron chi connectivity index (χ4n) is 1.87. The molecule has 0 amide bonds. The van der Waals surface area contributed by atoms with Gasteiger partial charge in [0.05, 0.1) is 0 Å². The van der Waals surface area contributed by atoms with Gasteiger partial charge in [0.1, 0.15) is 0 Å². The van der Waals surface area contributed by atoms with Crippen LogP contribution in [0.3, 0.4) is 0 Å². The summed E-state index contributed by atoms with van der Waals surface area (Å²) >= 11 is 0. The van der Waals surface area contributed by atoms with Gasteiger partial charge in [-0.1, -0.05) is 6.07 Å². The minimum atomic E-state index is -0.375. The minimum absolute atomic E-state index is 0.375. The van der Waals surface area contributed by atoms with Crippen molar-refractivity contribution >= 4 is 11.2 Å². The molecule has 0 aliphatic rings. The molecule has 3 aromatic heterocycles. The number of rotatable bonds is 3. The summed E-state index contributed by atoms with van der Waals surface area (Å²) in [6.45, 7) is 0.514. The Bertz CT molecular complexity index is 716. The van der Waals surface area contributed by atoms with Crippen LogP contribution in [0.1, 0.15) is 5.69 Å². The Balaban J connectivity index is 1.91. The fraction of sp³-hybridized carbons (Fsp3) is 0.154. The predicted octanol–water partition coefficient (Wildman–Crippen LogP) is 1.63. The SMILES string of the molecule is O=c1oc2cccnc2n1CCc1ccccn1. The van der Waals surface area contributed by atoms with Crippen molar-refractivity contribution in [1.82, 2.24) is 14.5 Å². The van der Waals surface area contributed by atoms with Crippen molar-refractivity contribution in [3.05, 3.63) is 59.0 Å². The molecule has 0 saturated heterocycles. The van der Waals surface area contributed by atoms with Crippen LogP contribution >= 0.6 is 0 Å². The average Bonchev–Trinajstić information content (AvgIpc) is 2.73. The zero-order valence-corrected chi connectivity index (χ0v) is 9.61. The molecular weight excluding hydrogens is 230 g/mol. The number of nitrogens with zero attached hydrogens (tertiary/aromatic N) is 3. The van der Waals surface area contributed by atoms with E-state index >= 15 is 0 Å². The lowest BCUT2D eigenvalue weighted by molar-refractivity contribution is 0.504.